The van der Waals surface area contributed by atoms with Gasteiger partial charge in [-0.15, -0.1) is 0 Å². The first-order valence-corrected chi connectivity index (χ1v) is 10.4. The summed E-state index contributed by atoms with van der Waals surface area (Å²) in [5, 5.41) is 2.09. The molecule has 30 heavy (non-hydrogen) atoms. The van der Waals surface area contributed by atoms with E-state index in [0.717, 1.165) is 34.8 Å². The van der Waals surface area contributed by atoms with Crippen LogP contribution in [0.3, 0.4) is 0 Å². The molecule has 0 unspecified atom stereocenters. The number of ketones is 1. The third-order valence-electron chi connectivity index (χ3n) is 5.30. The zero-order valence-corrected chi connectivity index (χ0v) is 17.0. The molecule has 154 valence electrons. The van der Waals surface area contributed by atoms with Crippen molar-refractivity contribution in [3.05, 3.63) is 59.9 Å². The van der Waals surface area contributed by atoms with Crippen molar-refractivity contribution >= 4 is 33.7 Å². The van der Waals surface area contributed by atoms with E-state index in [9.17, 15) is 9.59 Å². The number of aromatic nitrogens is 3. The lowest BCUT2D eigenvalue weighted by Crippen LogP contribution is -2.11. The van der Waals surface area contributed by atoms with E-state index in [0.29, 0.717) is 11.4 Å². The minimum Gasteiger partial charge on any atom is -0.410 e. The highest BCUT2D eigenvalue weighted by Gasteiger charge is 2.15. The molecule has 0 spiro atoms. The molecule has 0 atom stereocenters. The van der Waals surface area contributed by atoms with Gasteiger partial charge in [-0.05, 0) is 48.7 Å². The van der Waals surface area contributed by atoms with E-state index in [2.05, 4.69) is 27.9 Å². The number of rotatable bonds is 9. The second kappa shape index (κ2) is 8.95. The molecule has 1 aromatic carbocycles. The number of nitrogens with zero attached hydrogens (tertiary/aromatic N) is 1. The second-order valence-corrected chi connectivity index (χ2v) is 7.47. The van der Waals surface area contributed by atoms with Crippen molar-refractivity contribution in [2.75, 3.05) is 0 Å². The molecule has 0 aliphatic heterocycles. The van der Waals surface area contributed by atoms with Crippen molar-refractivity contribution in [1.82, 2.24) is 15.0 Å². The Bertz CT molecular complexity index is 1180. The average molecular weight is 403 g/mol. The van der Waals surface area contributed by atoms with Gasteiger partial charge in [-0.1, -0.05) is 19.8 Å². The van der Waals surface area contributed by atoms with Gasteiger partial charge in [0, 0.05) is 46.7 Å². The van der Waals surface area contributed by atoms with E-state index in [-0.39, 0.29) is 18.6 Å². The molecule has 0 fully saturated rings. The van der Waals surface area contributed by atoms with Gasteiger partial charge in [-0.25, -0.2) is 4.98 Å². The van der Waals surface area contributed by atoms with Gasteiger partial charge in [-0.2, -0.15) is 0 Å². The number of hydrogen-bond donors (Lipinski definition) is 2. The molecule has 3 aromatic heterocycles. The van der Waals surface area contributed by atoms with Crippen molar-refractivity contribution in [2.24, 2.45) is 0 Å². The van der Waals surface area contributed by atoms with Crippen LogP contribution in [0.4, 0.5) is 0 Å². The number of Topliss-reactive ketones (excluding diaryl/α,β-unsaturated/α-hetero) is 1. The van der Waals surface area contributed by atoms with Crippen LogP contribution in [-0.2, 0) is 11.2 Å². The van der Waals surface area contributed by atoms with Gasteiger partial charge in [0.05, 0.1) is 6.42 Å². The topological polar surface area (TPSA) is 87.8 Å². The lowest BCUT2D eigenvalue weighted by atomic mass is 10.00. The van der Waals surface area contributed by atoms with Crippen LogP contribution in [0.1, 0.15) is 54.9 Å². The van der Waals surface area contributed by atoms with Crippen molar-refractivity contribution < 1.29 is 14.3 Å². The number of ether oxygens (including phenoxy) is 1. The summed E-state index contributed by atoms with van der Waals surface area (Å²) in [5.74, 6) is -0.122. The fraction of sp³-hybridized carbons (Fsp3) is 0.292. The van der Waals surface area contributed by atoms with Gasteiger partial charge in [-0.3, -0.25) is 9.59 Å². The van der Waals surface area contributed by atoms with Gasteiger partial charge < -0.3 is 14.7 Å². The number of carbonyl (C=O) groups excluding carboxylic acids is 2. The quantitative estimate of drug-likeness (QED) is 0.224. The Morgan fingerprint density at radius 2 is 2.00 bits per heavy atom. The van der Waals surface area contributed by atoms with E-state index in [1.165, 1.54) is 18.4 Å². The number of H-pyrrole nitrogens is 2. The molecule has 3 heterocycles. The summed E-state index contributed by atoms with van der Waals surface area (Å²) in [6.07, 6.45) is 8.13. The lowest BCUT2D eigenvalue weighted by Gasteiger charge is -2.05. The number of pyridine rings is 1. The summed E-state index contributed by atoms with van der Waals surface area (Å²) < 4.78 is 5.16. The Morgan fingerprint density at radius 3 is 2.80 bits per heavy atom. The summed E-state index contributed by atoms with van der Waals surface area (Å²) in [5.41, 5.74) is 3.65. The Hall–Kier alpha value is -3.41. The van der Waals surface area contributed by atoms with E-state index in [4.69, 9.17) is 4.74 Å². The summed E-state index contributed by atoms with van der Waals surface area (Å²) in [6, 6.07) is 11.1. The summed E-state index contributed by atoms with van der Waals surface area (Å²) >= 11 is 0. The van der Waals surface area contributed by atoms with Crippen LogP contribution in [-0.4, -0.2) is 26.7 Å². The monoisotopic (exact) mass is 403 g/mol. The fourth-order valence-electron chi connectivity index (χ4n) is 3.74. The zero-order chi connectivity index (χ0) is 20.9. The second-order valence-electron chi connectivity index (χ2n) is 7.47. The maximum Gasteiger partial charge on any atom is 0.312 e. The van der Waals surface area contributed by atoms with Crippen molar-refractivity contribution in [2.45, 2.75) is 45.4 Å². The van der Waals surface area contributed by atoms with Crippen LogP contribution in [0, 0.1) is 0 Å². The normalized spacial score (nSPS) is 11.2. The molecule has 2 N–H and O–H groups in total. The zero-order valence-electron chi connectivity index (χ0n) is 17.0. The minimum absolute atomic E-state index is 0.0353. The van der Waals surface area contributed by atoms with Gasteiger partial charge in [0.1, 0.15) is 5.65 Å². The number of benzene rings is 1. The summed E-state index contributed by atoms with van der Waals surface area (Å²) in [6.45, 7) is 2.19. The van der Waals surface area contributed by atoms with Crippen LogP contribution in [0.25, 0.3) is 21.9 Å². The van der Waals surface area contributed by atoms with Gasteiger partial charge in [0.2, 0.25) is 5.88 Å². The smallest absolute Gasteiger partial charge is 0.312 e. The number of esters is 1. The van der Waals surface area contributed by atoms with Crippen LogP contribution in [0.5, 0.6) is 5.88 Å². The number of nitrogens with one attached hydrogen (secondary N) is 2. The fourth-order valence-corrected chi connectivity index (χ4v) is 3.74. The molecule has 0 radical (unpaired) electrons. The molecular formula is C24H25N3O3. The number of hydrogen-bond acceptors (Lipinski definition) is 4. The molecular weight excluding hydrogens is 378 g/mol. The molecule has 0 bridgehead atoms. The lowest BCUT2D eigenvalue weighted by molar-refractivity contribution is -0.134. The summed E-state index contributed by atoms with van der Waals surface area (Å²) in [4.78, 5) is 35.3. The molecule has 0 amide bonds. The number of unbranched alkanes of at least 4 members (excludes halogenated alkanes) is 2. The Kier molecular flexibility index (Phi) is 5.93. The van der Waals surface area contributed by atoms with Crippen LogP contribution < -0.4 is 4.74 Å². The highest BCUT2D eigenvalue weighted by Crippen LogP contribution is 2.29. The first kappa shape index (κ1) is 19.9. The Labute approximate surface area is 174 Å². The van der Waals surface area contributed by atoms with E-state index in [1.54, 1.807) is 24.4 Å². The van der Waals surface area contributed by atoms with Crippen molar-refractivity contribution in [3.8, 4) is 5.88 Å². The maximum absolute atomic E-state index is 12.7. The van der Waals surface area contributed by atoms with Crippen LogP contribution in [0.15, 0.2) is 48.8 Å². The number of aromatic amines is 2. The maximum atomic E-state index is 12.7. The standard InChI is InChI=1S/C24H25N3O3/c1-2-3-4-6-16-12-14-26-24-23(16)18-15-17(8-9-19(18)27-24)20(28)10-11-22(29)30-21-7-5-13-25-21/h5,7-9,12-15,25H,2-4,6,10-11H2,1H3,(H,26,27). The summed E-state index contributed by atoms with van der Waals surface area (Å²) in [7, 11) is 0. The highest BCUT2D eigenvalue weighted by atomic mass is 16.5. The average Bonchev–Trinajstić information content (AvgIpc) is 3.39. The molecule has 4 rings (SSSR count). The molecule has 0 aliphatic carbocycles. The number of aryl methyl sites for hydroxylation is 1. The number of carbonyl (C=O) groups is 2. The molecule has 0 saturated heterocycles. The SMILES string of the molecule is CCCCCc1ccnc2[nH]c3ccc(C(=O)CCC(=O)Oc4ccc[nH]4)cc3c12. The minimum atomic E-state index is -0.429. The van der Waals surface area contributed by atoms with Gasteiger partial charge in [0.15, 0.2) is 5.78 Å². The third-order valence-corrected chi connectivity index (χ3v) is 5.30. The van der Waals surface area contributed by atoms with Crippen LogP contribution >= 0.6 is 0 Å². The molecule has 4 aromatic rings. The Morgan fingerprint density at radius 1 is 1.10 bits per heavy atom. The first-order valence-electron chi connectivity index (χ1n) is 10.4. The van der Waals surface area contributed by atoms with Crippen molar-refractivity contribution in [3.63, 3.8) is 0 Å². The van der Waals surface area contributed by atoms with Gasteiger partial charge in [0.25, 0.3) is 0 Å². The molecule has 0 saturated carbocycles. The predicted molar refractivity (Wildman–Crippen MR) is 117 cm³/mol. The van der Waals surface area contributed by atoms with E-state index < -0.39 is 5.97 Å². The first-order chi connectivity index (χ1) is 14.7. The molecule has 6 nitrogen and oxygen atoms in total. The Balaban J connectivity index is 1.53. The van der Waals surface area contributed by atoms with Gasteiger partial charge >= 0.3 is 5.97 Å². The third kappa shape index (κ3) is 4.27. The molecule has 6 heteroatoms. The molecule has 0 aliphatic rings. The van der Waals surface area contributed by atoms with E-state index >= 15 is 0 Å². The predicted octanol–water partition coefficient (Wildman–Crippen LogP) is 5.35. The highest BCUT2D eigenvalue weighted by molar-refractivity contribution is 6.10. The van der Waals surface area contributed by atoms with E-state index in [1.807, 2.05) is 18.3 Å². The largest absolute Gasteiger partial charge is 0.410 e. The van der Waals surface area contributed by atoms with Crippen molar-refractivity contribution in [1.29, 1.82) is 0 Å². The number of fused-ring (bicyclic) bond motifs is 3. The van der Waals surface area contributed by atoms with Crippen LogP contribution in [0.2, 0.25) is 0 Å².